The number of benzene rings is 2. The Morgan fingerprint density at radius 1 is 1.24 bits per heavy atom. The van der Waals surface area contributed by atoms with Gasteiger partial charge in [0, 0.05) is 22.3 Å². The molecular weight excluding hydrogens is 357 g/mol. The van der Waals surface area contributed by atoms with Gasteiger partial charge in [0.25, 0.3) is 0 Å². The summed E-state index contributed by atoms with van der Waals surface area (Å²) < 4.78 is 5.25. The summed E-state index contributed by atoms with van der Waals surface area (Å²) >= 11 is 12.1. The Balaban J connectivity index is 2.09. The van der Waals surface area contributed by atoms with Gasteiger partial charge in [0.1, 0.15) is 5.75 Å². The van der Waals surface area contributed by atoms with E-state index >= 15 is 0 Å². The number of anilines is 1. The minimum atomic E-state index is -0.241. The smallest absolute Gasteiger partial charge is 0.248 e. The minimum Gasteiger partial charge on any atom is -0.495 e. The van der Waals surface area contributed by atoms with Crippen molar-refractivity contribution in [3.63, 3.8) is 0 Å². The van der Waals surface area contributed by atoms with Crippen LogP contribution >= 0.6 is 23.2 Å². The molecule has 3 nitrogen and oxygen atoms in total. The van der Waals surface area contributed by atoms with Gasteiger partial charge in [-0.25, -0.2) is 0 Å². The second kappa shape index (κ2) is 8.93. The lowest BCUT2D eigenvalue weighted by molar-refractivity contribution is -0.111. The van der Waals surface area contributed by atoms with Gasteiger partial charge in [0.05, 0.1) is 12.1 Å². The fourth-order valence-corrected chi connectivity index (χ4v) is 2.99. The summed E-state index contributed by atoms with van der Waals surface area (Å²) in [6, 6.07) is 11.2. The van der Waals surface area contributed by atoms with Crippen LogP contribution in [0.4, 0.5) is 5.69 Å². The summed E-state index contributed by atoms with van der Waals surface area (Å²) in [7, 11) is 1.52. The van der Waals surface area contributed by atoms with Crippen LogP contribution in [-0.2, 0) is 4.79 Å². The molecule has 0 bridgehead atoms. The molecule has 1 N–H and O–H groups in total. The van der Waals surface area contributed by atoms with E-state index in [4.69, 9.17) is 27.9 Å². The summed E-state index contributed by atoms with van der Waals surface area (Å²) in [5, 5.41) is 3.71. The molecule has 0 aliphatic heterocycles. The first kappa shape index (κ1) is 19.4. The summed E-state index contributed by atoms with van der Waals surface area (Å²) in [6.07, 6.45) is 4.13. The molecule has 2 aromatic carbocycles. The van der Waals surface area contributed by atoms with Gasteiger partial charge < -0.3 is 10.1 Å². The fourth-order valence-electron chi connectivity index (χ4n) is 2.40. The number of halogens is 2. The number of hydrogen-bond acceptors (Lipinski definition) is 2. The third-order valence-corrected chi connectivity index (χ3v) is 4.51. The zero-order valence-corrected chi connectivity index (χ0v) is 16.0. The Hall–Kier alpha value is -1.97. The minimum absolute atomic E-state index is 0.241. The van der Waals surface area contributed by atoms with Crippen LogP contribution in [0.3, 0.4) is 0 Å². The van der Waals surface area contributed by atoms with Crippen molar-refractivity contribution in [1.82, 2.24) is 0 Å². The van der Waals surface area contributed by atoms with E-state index in [1.54, 1.807) is 18.2 Å². The lowest BCUT2D eigenvalue weighted by Crippen LogP contribution is -2.07. The average molecular weight is 378 g/mol. The molecule has 2 rings (SSSR count). The molecular formula is C20H21Cl2NO2. The zero-order valence-electron chi connectivity index (χ0n) is 14.5. The van der Waals surface area contributed by atoms with E-state index < -0.39 is 0 Å². The average Bonchev–Trinajstić information content (AvgIpc) is 2.59. The van der Waals surface area contributed by atoms with E-state index in [-0.39, 0.29) is 5.91 Å². The molecule has 0 aromatic heterocycles. The van der Waals surface area contributed by atoms with Gasteiger partial charge in [0.15, 0.2) is 0 Å². The van der Waals surface area contributed by atoms with E-state index in [0.717, 1.165) is 12.1 Å². The van der Waals surface area contributed by atoms with Crippen molar-refractivity contribution in [3.8, 4) is 5.75 Å². The van der Waals surface area contributed by atoms with Gasteiger partial charge in [-0.15, -0.1) is 0 Å². The molecule has 0 aliphatic carbocycles. The molecule has 1 amide bonds. The standard InChI is InChI=1S/C20H21Cl2NO2/c1-4-13(2)14-5-8-17(9-6-14)23-19(24)10-7-15-11-16(21)12-18(22)20(15)25-3/h5-13H,4H2,1-3H3,(H,23,24)/b10-7+. The topological polar surface area (TPSA) is 38.3 Å². The number of rotatable bonds is 6. The highest BCUT2D eigenvalue weighted by Crippen LogP contribution is 2.33. The summed E-state index contributed by atoms with van der Waals surface area (Å²) in [5.41, 5.74) is 2.65. The molecule has 1 atom stereocenters. The Bertz CT molecular complexity index is 770. The number of amides is 1. The van der Waals surface area contributed by atoms with Crippen molar-refractivity contribution in [2.24, 2.45) is 0 Å². The maximum Gasteiger partial charge on any atom is 0.248 e. The van der Waals surface area contributed by atoms with Crippen molar-refractivity contribution >= 4 is 40.9 Å². The lowest BCUT2D eigenvalue weighted by atomic mass is 9.99. The number of hydrogen-bond donors (Lipinski definition) is 1. The summed E-state index contributed by atoms with van der Waals surface area (Å²) in [6.45, 7) is 4.33. The first-order valence-electron chi connectivity index (χ1n) is 8.06. The third kappa shape index (κ3) is 5.25. The molecule has 0 fully saturated rings. The van der Waals surface area contributed by atoms with Crippen LogP contribution in [0.5, 0.6) is 5.75 Å². The van der Waals surface area contributed by atoms with Crippen LogP contribution in [0.25, 0.3) is 6.08 Å². The Morgan fingerprint density at radius 3 is 2.52 bits per heavy atom. The third-order valence-electron chi connectivity index (χ3n) is 4.02. The van der Waals surface area contributed by atoms with Crippen LogP contribution in [-0.4, -0.2) is 13.0 Å². The van der Waals surface area contributed by atoms with Crippen LogP contribution in [0.15, 0.2) is 42.5 Å². The summed E-state index contributed by atoms with van der Waals surface area (Å²) in [4.78, 5) is 12.1. The second-order valence-electron chi connectivity index (χ2n) is 5.76. The van der Waals surface area contributed by atoms with Crippen molar-refractivity contribution in [2.45, 2.75) is 26.2 Å². The predicted molar refractivity (Wildman–Crippen MR) is 106 cm³/mol. The number of methoxy groups -OCH3 is 1. The lowest BCUT2D eigenvalue weighted by Gasteiger charge is -2.10. The first-order chi connectivity index (χ1) is 11.9. The molecule has 0 saturated carbocycles. The van der Waals surface area contributed by atoms with Gasteiger partial charge in [-0.1, -0.05) is 49.2 Å². The molecule has 2 aromatic rings. The van der Waals surface area contributed by atoms with Crippen LogP contribution in [0, 0.1) is 0 Å². The maximum atomic E-state index is 12.1. The van der Waals surface area contributed by atoms with Crippen molar-refractivity contribution < 1.29 is 9.53 Å². The Morgan fingerprint density at radius 2 is 1.92 bits per heavy atom. The molecule has 0 saturated heterocycles. The quantitative estimate of drug-likeness (QED) is 0.611. The normalized spacial score (nSPS) is 12.2. The van der Waals surface area contributed by atoms with Gasteiger partial charge >= 0.3 is 0 Å². The van der Waals surface area contributed by atoms with Crippen LogP contribution in [0.1, 0.15) is 37.3 Å². The predicted octanol–water partition coefficient (Wildman–Crippen LogP) is 6.17. The highest BCUT2D eigenvalue weighted by molar-refractivity contribution is 6.36. The number of carbonyl (C=O) groups is 1. The second-order valence-corrected chi connectivity index (χ2v) is 6.61. The highest BCUT2D eigenvalue weighted by Gasteiger charge is 2.08. The van der Waals surface area contributed by atoms with Gasteiger partial charge in [0.2, 0.25) is 5.91 Å². The van der Waals surface area contributed by atoms with E-state index in [0.29, 0.717) is 27.3 Å². The molecule has 132 valence electrons. The number of carbonyl (C=O) groups excluding carboxylic acids is 1. The fraction of sp³-hybridized carbons (Fsp3) is 0.250. The zero-order chi connectivity index (χ0) is 18.4. The molecule has 0 heterocycles. The molecule has 0 aliphatic rings. The van der Waals surface area contributed by atoms with Gasteiger partial charge in [-0.2, -0.15) is 0 Å². The number of nitrogens with one attached hydrogen (secondary N) is 1. The van der Waals surface area contributed by atoms with Crippen molar-refractivity contribution in [1.29, 1.82) is 0 Å². The first-order valence-corrected chi connectivity index (χ1v) is 8.82. The Kier molecular flexibility index (Phi) is 6.91. The van der Waals surface area contributed by atoms with Gasteiger partial charge in [-0.05, 0) is 48.2 Å². The SMILES string of the molecule is CCC(C)c1ccc(NC(=O)/C=C/c2cc(Cl)cc(Cl)c2OC)cc1. The van der Waals surface area contributed by atoms with E-state index in [1.165, 1.54) is 18.7 Å². The molecule has 0 spiro atoms. The van der Waals surface area contributed by atoms with Crippen LogP contribution < -0.4 is 10.1 Å². The highest BCUT2D eigenvalue weighted by atomic mass is 35.5. The number of ether oxygens (including phenoxy) is 1. The summed E-state index contributed by atoms with van der Waals surface area (Å²) in [5.74, 6) is 0.743. The monoisotopic (exact) mass is 377 g/mol. The van der Waals surface area contributed by atoms with Gasteiger partial charge in [-0.3, -0.25) is 4.79 Å². The molecule has 5 heteroatoms. The molecule has 1 unspecified atom stereocenters. The largest absolute Gasteiger partial charge is 0.495 e. The van der Waals surface area contributed by atoms with E-state index in [2.05, 4.69) is 19.2 Å². The van der Waals surface area contributed by atoms with Crippen molar-refractivity contribution in [3.05, 3.63) is 63.6 Å². The molecule has 25 heavy (non-hydrogen) atoms. The van der Waals surface area contributed by atoms with Crippen LogP contribution in [0.2, 0.25) is 10.0 Å². The van der Waals surface area contributed by atoms with E-state index in [1.807, 2.05) is 24.3 Å². The Labute approximate surface area is 158 Å². The van der Waals surface area contributed by atoms with E-state index in [9.17, 15) is 4.79 Å². The van der Waals surface area contributed by atoms with Crippen molar-refractivity contribution in [2.75, 3.05) is 12.4 Å². The molecule has 0 radical (unpaired) electrons. The maximum absolute atomic E-state index is 12.1.